The summed E-state index contributed by atoms with van der Waals surface area (Å²) in [6, 6.07) is 10.8. The lowest BCUT2D eigenvalue weighted by Crippen LogP contribution is -2.49. The molecule has 0 aromatic heterocycles. The van der Waals surface area contributed by atoms with Crippen LogP contribution in [0, 0.1) is 5.92 Å². The van der Waals surface area contributed by atoms with Gasteiger partial charge in [-0.15, -0.1) is 0 Å². The van der Waals surface area contributed by atoms with E-state index in [1.807, 2.05) is 0 Å². The number of anilines is 1. The maximum atomic E-state index is 2.66. The maximum Gasteiger partial charge on any atom is 0.0367 e. The van der Waals surface area contributed by atoms with Crippen molar-refractivity contribution in [1.29, 1.82) is 0 Å². The fourth-order valence-electron chi connectivity index (χ4n) is 5.30. The number of hydrogen-bond acceptors (Lipinski definition) is 4. The molecule has 3 rings (SSSR count). The van der Waals surface area contributed by atoms with Gasteiger partial charge in [0.2, 0.25) is 0 Å². The molecule has 0 bridgehead atoms. The molecule has 2 aliphatic heterocycles. The molecular formula is C26H46N4. The number of rotatable bonds is 9. The number of piperazine rings is 1. The van der Waals surface area contributed by atoms with Crippen molar-refractivity contribution in [3.05, 3.63) is 29.8 Å². The van der Waals surface area contributed by atoms with Crippen LogP contribution >= 0.6 is 0 Å². The van der Waals surface area contributed by atoms with Crippen LogP contribution < -0.4 is 4.90 Å². The molecule has 1 aromatic rings. The molecular weight excluding hydrogens is 368 g/mol. The van der Waals surface area contributed by atoms with E-state index in [2.05, 4.69) is 78.6 Å². The second-order valence-electron chi connectivity index (χ2n) is 10.1. The fourth-order valence-corrected chi connectivity index (χ4v) is 5.30. The number of hydrogen-bond donors (Lipinski definition) is 0. The Balaban J connectivity index is 1.41. The van der Waals surface area contributed by atoms with Gasteiger partial charge >= 0.3 is 0 Å². The average molecular weight is 415 g/mol. The molecule has 2 heterocycles. The van der Waals surface area contributed by atoms with E-state index in [4.69, 9.17) is 0 Å². The van der Waals surface area contributed by atoms with Crippen LogP contribution in [0.2, 0.25) is 0 Å². The Morgan fingerprint density at radius 3 is 2.10 bits per heavy atom. The van der Waals surface area contributed by atoms with Crippen molar-refractivity contribution in [3.8, 4) is 0 Å². The molecule has 0 radical (unpaired) electrons. The third kappa shape index (κ3) is 6.70. The third-order valence-electron chi connectivity index (χ3n) is 7.35. The van der Waals surface area contributed by atoms with Gasteiger partial charge in [-0.25, -0.2) is 0 Å². The molecule has 0 N–H and O–H groups in total. The Bertz CT molecular complexity index is 598. The van der Waals surface area contributed by atoms with Gasteiger partial charge in [-0.05, 0) is 83.8 Å². The minimum absolute atomic E-state index is 0.699. The Hall–Kier alpha value is -1.10. The van der Waals surface area contributed by atoms with Crippen LogP contribution in [0.1, 0.15) is 58.9 Å². The van der Waals surface area contributed by atoms with Gasteiger partial charge in [-0.1, -0.05) is 25.5 Å². The summed E-state index contributed by atoms with van der Waals surface area (Å²) < 4.78 is 0. The average Bonchev–Trinajstić information content (AvgIpc) is 2.75. The summed E-state index contributed by atoms with van der Waals surface area (Å²) >= 11 is 0. The summed E-state index contributed by atoms with van der Waals surface area (Å²) in [7, 11) is 2.29. The number of nitrogens with zero attached hydrogens (tertiary/aromatic N) is 4. The summed E-state index contributed by atoms with van der Waals surface area (Å²) in [6.45, 7) is 18.9. The van der Waals surface area contributed by atoms with E-state index < -0.39 is 0 Å². The first-order valence-electron chi connectivity index (χ1n) is 12.5. The van der Waals surface area contributed by atoms with Crippen molar-refractivity contribution < 1.29 is 0 Å². The zero-order chi connectivity index (χ0) is 21.5. The molecule has 1 atom stereocenters. The second kappa shape index (κ2) is 11.5. The largest absolute Gasteiger partial charge is 0.369 e. The molecule has 0 spiro atoms. The van der Waals surface area contributed by atoms with Crippen LogP contribution in [0.25, 0.3) is 0 Å². The van der Waals surface area contributed by atoms with Crippen LogP contribution in [0.3, 0.4) is 0 Å². The minimum Gasteiger partial charge on any atom is -0.369 e. The van der Waals surface area contributed by atoms with Crippen molar-refractivity contribution in [3.63, 3.8) is 0 Å². The van der Waals surface area contributed by atoms with Crippen LogP contribution in [0.5, 0.6) is 0 Å². The van der Waals surface area contributed by atoms with Crippen molar-refractivity contribution in [2.75, 3.05) is 57.8 Å². The smallest absolute Gasteiger partial charge is 0.0367 e. The number of likely N-dealkylation sites (tertiary alicyclic amines) is 1. The first-order chi connectivity index (χ1) is 14.5. The molecule has 4 nitrogen and oxygen atoms in total. The highest BCUT2D eigenvalue weighted by atomic mass is 15.3. The van der Waals surface area contributed by atoms with Crippen LogP contribution in [-0.4, -0.2) is 79.6 Å². The topological polar surface area (TPSA) is 13.0 Å². The van der Waals surface area contributed by atoms with Crippen LogP contribution in [0.4, 0.5) is 5.69 Å². The van der Waals surface area contributed by atoms with Crippen molar-refractivity contribution in [1.82, 2.24) is 14.7 Å². The fraction of sp³-hybridized carbons (Fsp3) is 0.769. The van der Waals surface area contributed by atoms with Crippen LogP contribution in [-0.2, 0) is 6.54 Å². The normalized spacial score (nSPS) is 21.0. The van der Waals surface area contributed by atoms with Crippen molar-refractivity contribution >= 4 is 5.69 Å². The van der Waals surface area contributed by atoms with Gasteiger partial charge in [0.1, 0.15) is 0 Å². The maximum absolute atomic E-state index is 2.66. The zero-order valence-electron chi connectivity index (χ0n) is 20.3. The van der Waals surface area contributed by atoms with Crippen molar-refractivity contribution in [2.24, 2.45) is 5.92 Å². The molecule has 2 fully saturated rings. The molecule has 30 heavy (non-hydrogen) atoms. The molecule has 2 aliphatic rings. The van der Waals surface area contributed by atoms with E-state index in [0.717, 1.165) is 31.6 Å². The predicted octanol–water partition coefficient (Wildman–Crippen LogP) is 4.55. The predicted molar refractivity (Wildman–Crippen MR) is 130 cm³/mol. The van der Waals surface area contributed by atoms with Gasteiger partial charge in [0.15, 0.2) is 0 Å². The van der Waals surface area contributed by atoms with Gasteiger partial charge in [0.25, 0.3) is 0 Å². The summed E-state index contributed by atoms with van der Waals surface area (Å²) in [4.78, 5) is 10.4. The summed E-state index contributed by atoms with van der Waals surface area (Å²) in [6.07, 6.45) is 5.31. The summed E-state index contributed by atoms with van der Waals surface area (Å²) in [5, 5.41) is 0. The SMILES string of the molecule is CCCC(C)N1CCN(c2ccc(CN(C)CC3CCN(C(C)C)CC3)cc2)CC1. The Morgan fingerprint density at radius 2 is 1.53 bits per heavy atom. The molecule has 0 saturated carbocycles. The monoisotopic (exact) mass is 414 g/mol. The van der Waals surface area contributed by atoms with Gasteiger partial charge in [-0.3, -0.25) is 4.90 Å². The minimum atomic E-state index is 0.699. The molecule has 1 unspecified atom stereocenters. The summed E-state index contributed by atoms with van der Waals surface area (Å²) in [5.41, 5.74) is 2.83. The quantitative estimate of drug-likeness (QED) is 0.588. The highest BCUT2D eigenvalue weighted by Crippen LogP contribution is 2.22. The highest BCUT2D eigenvalue weighted by Gasteiger charge is 2.22. The lowest BCUT2D eigenvalue weighted by molar-refractivity contribution is 0.127. The van der Waals surface area contributed by atoms with E-state index in [1.165, 1.54) is 69.7 Å². The van der Waals surface area contributed by atoms with Gasteiger partial charge in [0.05, 0.1) is 0 Å². The van der Waals surface area contributed by atoms with Crippen LogP contribution in [0.15, 0.2) is 24.3 Å². The van der Waals surface area contributed by atoms with Crippen molar-refractivity contribution in [2.45, 2.75) is 72.0 Å². The van der Waals surface area contributed by atoms with E-state index in [-0.39, 0.29) is 0 Å². The molecule has 170 valence electrons. The molecule has 1 aromatic carbocycles. The first-order valence-corrected chi connectivity index (χ1v) is 12.5. The second-order valence-corrected chi connectivity index (χ2v) is 10.1. The van der Waals surface area contributed by atoms with E-state index in [1.54, 1.807) is 0 Å². The number of benzene rings is 1. The Morgan fingerprint density at radius 1 is 0.900 bits per heavy atom. The molecule has 2 saturated heterocycles. The van der Waals surface area contributed by atoms with Gasteiger partial charge in [-0.2, -0.15) is 0 Å². The number of piperidine rings is 1. The van der Waals surface area contributed by atoms with Gasteiger partial charge < -0.3 is 14.7 Å². The highest BCUT2D eigenvalue weighted by molar-refractivity contribution is 5.48. The molecule has 0 amide bonds. The Labute approximate surface area is 186 Å². The van der Waals surface area contributed by atoms with E-state index in [9.17, 15) is 0 Å². The lowest BCUT2D eigenvalue weighted by atomic mass is 9.95. The summed E-state index contributed by atoms with van der Waals surface area (Å²) in [5.74, 6) is 0.857. The Kier molecular flexibility index (Phi) is 9.03. The zero-order valence-corrected chi connectivity index (χ0v) is 20.3. The van der Waals surface area contributed by atoms with Gasteiger partial charge in [0, 0.05) is 57.0 Å². The lowest BCUT2D eigenvalue weighted by Gasteiger charge is -2.39. The standard InChI is InChI=1S/C26H46N4/c1-6-7-23(4)29-16-18-30(19-17-29)26-10-8-24(9-11-26)20-27(5)21-25-12-14-28(15-13-25)22(2)3/h8-11,22-23,25H,6-7,12-21H2,1-5H3. The molecule has 0 aliphatic carbocycles. The molecule has 4 heteroatoms. The third-order valence-corrected chi connectivity index (χ3v) is 7.35. The first kappa shape index (κ1) is 23.6. The van der Waals surface area contributed by atoms with E-state index >= 15 is 0 Å². The van der Waals surface area contributed by atoms with E-state index in [0.29, 0.717) is 6.04 Å².